The van der Waals surface area contributed by atoms with Crippen molar-refractivity contribution in [2.75, 3.05) is 26.2 Å². The predicted molar refractivity (Wildman–Crippen MR) is 96.0 cm³/mol. The zero-order valence-corrected chi connectivity index (χ0v) is 14.3. The minimum Gasteiger partial charge on any atom is -0.348 e. The lowest BCUT2D eigenvalue weighted by molar-refractivity contribution is -0.132. The topological polar surface area (TPSA) is 52.2 Å². The van der Waals surface area contributed by atoms with Crippen LogP contribution < -0.4 is 0 Å². The number of thiophene rings is 1. The van der Waals surface area contributed by atoms with Crippen molar-refractivity contribution < 1.29 is 4.79 Å². The molecule has 1 saturated heterocycles. The summed E-state index contributed by atoms with van der Waals surface area (Å²) < 4.78 is 1.25. The molecule has 124 valence electrons. The monoisotopic (exact) mass is 340 g/mol. The lowest BCUT2D eigenvalue weighted by atomic mass is 10.2. The maximum absolute atomic E-state index is 12.6. The number of rotatable bonds is 4. The fourth-order valence-electron chi connectivity index (χ4n) is 3.14. The molecule has 0 saturated carbocycles. The molecule has 24 heavy (non-hydrogen) atoms. The van der Waals surface area contributed by atoms with Crippen LogP contribution in [0.5, 0.6) is 0 Å². The molecule has 1 aromatic carbocycles. The van der Waals surface area contributed by atoms with Crippen molar-refractivity contribution >= 4 is 27.3 Å². The summed E-state index contributed by atoms with van der Waals surface area (Å²) in [4.78, 5) is 25.4. The van der Waals surface area contributed by atoms with Gasteiger partial charge < -0.3 is 9.88 Å². The second-order valence-corrected chi connectivity index (χ2v) is 7.29. The average Bonchev–Trinajstić information content (AvgIpc) is 3.24. The molecule has 6 heteroatoms. The standard InChI is InChI=1S/C18H20N4OS/c23-18(12-15-11-14-3-1-2-4-16(14)24-15)22-9-7-21(8-10-22)13-17-19-5-6-20-17/h1-6,11H,7-10,12-13H2,(H,19,20). The van der Waals surface area contributed by atoms with Crippen LogP contribution in [0, 0.1) is 0 Å². The Kier molecular flexibility index (Phi) is 4.32. The van der Waals surface area contributed by atoms with Gasteiger partial charge in [-0.15, -0.1) is 11.3 Å². The van der Waals surface area contributed by atoms with Gasteiger partial charge in [-0.1, -0.05) is 18.2 Å². The Bertz CT molecular complexity index is 786. The van der Waals surface area contributed by atoms with Crippen LogP contribution in [0.3, 0.4) is 0 Å². The number of amides is 1. The fourth-order valence-corrected chi connectivity index (χ4v) is 4.19. The number of fused-ring (bicyclic) bond motifs is 1. The first-order valence-electron chi connectivity index (χ1n) is 8.24. The number of carbonyl (C=O) groups is 1. The largest absolute Gasteiger partial charge is 0.348 e. The molecule has 4 rings (SSSR count). The van der Waals surface area contributed by atoms with Crippen LogP contribution in [0.1, 0.15) is 10.7 Å². The van der Waals surface area contributed by atoms with Crippen LogP contribution in [0.15, 0.2) is 42.7 Å². The minimum atomic E-state index is 0.235. The van der Waals surface area contributed by atoms with Crippen molar-refractivity contribution in [3.63, 3.8) is 0 Å². The molecule has 1 aliphatic heterocycles. The summed E-state index contributed by atoms with van der Waals surface area (Å²) in [6, 6.07) is 10.4. The van der Waals surface area contributed by atoms with Crippen molar-refractivity contribution in [3.8, 4) is 0 Å². The highest BCUT2D eigenvalue weighted by Gasteiger charge is 2.22. The molecule has 3 aromatic rings. The summed E-state index contributed by atoms with van der Waals surface area (Å²) in [6.07, 6.45) is 4.14. The maximum atomic E-state index is 12.6. The van der Waals surface area contributed by atoms with Gasteiger partial charge in [-0.25, -0.2) is 4.98 Å². The van der Waals surface area contributed by atoms with E-state index in [2.05, 4.69) is 33.1 Å². The second kappa shape index (κ2) is 6.75. The summed E-state index contributed by atoms with van der Waals surface area (Å²) in [6.45, 7) is 4.22. The van der Waals surface area contributed by atoms with E-state index in [1.807, 2.05) is 23.2 Å². The molecule has 1 fully saturated rings. The molecule has 0 radical (unpaired) electrons. The van der Waals surface area contributed by atoms with Crippen molar-refractivity contribution in [2.45, 2.75) is 13.0 Å². The van der Waals surface area contributed by atoms with E-state index in [1.165, 1.54) is 10.1 Å². The average molecular weight is 340 g/mol. The molecule has 5 nitrogen and oxygen atoms in total. The summed E-state index contributed by atoms with van der Waals surface area (Å²) >= 11 is 1.72. The zero-order chi connectivity index (χ0) is 16.4. The smallest absolute Gasteiger partial charge is 0.227 e. The van der Waals surface area contributed by atoms with Crippen LogP contribution in [0.2, 0.25) is 0 Å². The molecule has 0 spiro atoms. The molecule has 0 aliphatic carbocycles. The first-order chi connectivity index (χ1) is 11.8. The Labute approximate surface area is 144 Å². The third-order valence-corrected chi connectivity index (χ3v) is 5.57. The van der Waals surface area contributed by atoms with E-state index < -0.39 is 0 Å². The number of carbonyl (C=O) groups excluding carboxylic acids is 1. The SMILES string of the molecule is O=C(Cc1cc2ccccc2s1)N1CCN(Cc2ncc[nH]2)CC1. The van der Waals surface area contributed by atoms with Crippen molar-refractivity contribution in [1.29, 1.82) is 0 Å². The number of nitrogens with one attached hydrogen (secondary N) is 1. The number of aromatic amines is 1. The first-order valence-corrected chi connectivity index (χ1v) is 9.05. The highest BCUT2D eigenvalue weighted by atomic mass is 32.1. The normalized spacial score (nSPS) is 15.9. The fraction of sp³-hybridized carbons (Fsp3) is 0.333. The van der Waals surface area contributed by atoms with E-state index in [0.29, 0.717) is 6.42 Å². The molecule has 3 heterocycles. The number of aromatic nitrogens is 2. The van der Waals surface area contributed by atoms with Crippen LogP contribution in [0.25, 0.3) is 10.1 Å². The van der Waals surface area contributed by atoms with Gasteiger partial charge in [0.05, 0.1) is 13.0 Å². The van der Waals surface area contributed by atoms with Gasteiger partial charge in [0.1, 0.15) is 5.82 Å². The van der Waals surface area contributed by atoms with Crippen LogP contribution in [0.4, 0.5) is 0 Å². The molecule has 1 aliphatic rings. The lowest BCUT2D eigenvalue weighted by Gasteiger charge is -2.34. The lowest BCUT2D eigenvalue weighted by Crippen LogP contribution is -2.48. The van der Waals surface area contributed by atoms with Gasteiger partial charge in [-0.3, -0.25) is 9.69 Å². The Balaban J connectivity index is 1.32. The van der Waals surface area contributed by atoms with Crippen molar-refractivity contribution in [1.82, 2.24) is 19.8 Å². The van der Waals surface area contributed by atoms with Gasteiger partial charge in [0.25, 0.3) is 0 Å². The number of benzene rings is 1. The summed E-state index contributed by atoms with van der Waals surface area (Å²) in [5.74, 6) is 1.22. The van der Waals surface area contributed by atoms with Crippen LogP contribution in [-0.4, -0.2) is 51.9 Å². The van der Waals surface area contributed by atoms with Crippen LogP contribution in [-0.2, 0) is 17.8 Å². The van der Waals surface area contributed by atoms with E-state index in [1.54, 1.807) is 17.5 Å². The van der Waals surface area contributed by atoms with Crippen molar-refractivity contribution in [2.24, 2.45) is 0 Å². The van der Waals surface area contributed by atoms with E-state index in [9.17, 15) is 4.79 Å². The number of piperazine rings is 1. The van der Waals surface area contributed by atoms with Crippen LogP contribution >= 0.6 is 11.3 Å². The first kappa shape index (κ1) is 15.4. The molecule has 0 bridgehead atoms. The summed E-state index contributed by atoms with van der Waals surface area (Å²) in [7, 11) is 0. The summed E-state index contributed by atoms with van der Waals surface area (Å²) in [5.41, 5.74) is 0. The predicted octanol–water partition coefficient (Wildman–Crippen LogP) is 2.51. The van der Waals surface area contributed by atoms with E-state index in [4.69, 9.17) is 0 Å². The van der Waals surface area contributed by atoms with Gasteiger partial charge in [0.15, 0.2) is 0 Å². The van der Waals surface area contributed by atoms with Gasteiger partial charge in [-0.05, 0) is 17.5 Å². The highest BCUT2D eigenvalue weighted by Crippen LogP contribution is 2.26. The third kappa shape index (κ3) is 3.34. The van der Waals surface area contributed by atoms with E-state index >= 15 is 0 Å². The highest BCUT2D eigenvalue weighted by molar-refractivity contribution is 7.19. The Morgan fingerprint density at radius 2 is 2.04 bits per heavy atom. The molecule has 1 N–H and O–H groups in total. The number of nitrogens with zero attached hydrogens (tertiary/aromatic N) is 3. The van der Waals surface area contributed by atoms with Gasteiger partial charge in [0.2, 0.25) is 5.91 Å². The summed E-state index contributed by atoms with van der Waals surface area (Å²) in [5, 5.41) is 1.23. The molecule has 0 unspecified atom stereocenters. The Morgan fingerprint density at radius 3 is 2.79 bits per heavy atom. The number of hydrogen-bond acceptors (Lipinski definition) is 4. The number of imidazole rings is 1. The van der Waals surface area contributed by atoms with Gasteiger partial charge in [-0.2, -0.15) is 0 Å². The minimum absolute atomic E-state index is 0.235. The maximum Gasteiger partial charge on any atom is 0.227 e. The van der Waals surface area contributed by atoms with Gasteiger partial charge in [0, 0.05) is 48.1 Å². The van der Waals surface area contributed by atoms with Crippen molar-refractivity contribution in [3.05, 3.63) is 53.4 Å². The molecule has 1 amide bonds. The quantitative estimate of drug-likeness (QED) is 0.794. The zero-order valence-electron chi connectivity index (χ0n) is 13.4. The number of hydrogen-bond donors (Lipinski definition) is 1. The molecule has 0 atom stereocenters. The molecular weight excluding hydrogens is 320 g/mol. The number of H-pyrrole nitrogens is 1. The Hall–Kier alpha value is -2.18. The van der Waals surface area contributed by atoms with E-state index in [0.717, 1.165) is 43.4 Å². The Morgan fingerprint density at radius 1 is 1.21 bits per heavy atom. The van der Waals surface area contributed by atoms with E-state index in [-0.39, 0.29) is 5.91 Å². The molecular formula is C18H20N4OS. The molecule has 2 aromatic heterocycles. The second-order valence-electron chi connectivity index (χ2n) is 6.12. The van der Waals surface area contributed by atoms with Gasteiger partial charge >= 0.3 is 0 Å². The third-order valence-electron chi connectivity index (χ3n) is 4.46.